The second-order valence-corrected chi connectivity index (χ2v) is 4.02. The molecule has 2 aliphatic heterocycles. The molecule has 1 aromatic carbocycles. The first kappa shape index (κ1) is 7.85. The summed E-state index contributed by atoms with van der Waals surface area (Å²) in [5.41, 5.74) is 1.09. The number of hydrogen-bond acceptors (Lipinski definition) is 2. The Morgan fingerprint density at radius 2 is 2.21 bits per heavy atom. The third-order valence-corrected chi connectivity index (χ3v) is 3.09. The van der Waals surface area contributed by atoms with Crippen LogP contribution < -0.4 is 10.1 Å². The normalized spacial score (nSPS) is 28.7. The number of benzene rings is 1. The fraction of sp³-hybridized carbons (Fsp3) is 0.364. The van der Waals surface area contributed by atoms with Crippen molar-refractivity contribution in [1.82, 2.24) is 5.32 Å². The molecule has 3 heteroatoms. The van der Waals surface area contributed by atoms with Crippen LogP contribution in [-0.4, -0.2) is 19.1 Å². The Bertz CT molecular complexity index is 402. The van der Waals surface area contributed by atoms with E-state index in [1.54, 1.807) is 0 Å². The van der Waals surface area contributed by atoms with Crippen molar-refractivity contribution in [3.63, 3.8) is 0 Å². The van der Waals surface area contributed by atoms with Crippen LogP contribution in [0, 0.1) is 0 Å². The summed E-state index contributed by atoms with van der Waals surface area (Å²) in [5.74, 6) is 1.06. The van der Waals surface area contributed by atoms with Crippen molar-refractivity contribution in [3.8, 4) is 5.75 Å². The zero-order valence-corrected chi connectivity index (χ0v) is 7.75. The van der Waals surface area contributed by atoms with Crippen molar-refractivity contribution >= 4 is 5.91 Å². The summed E-state index contributed by atoms with van der Waals surface area (Å²) in [6, 6.07) is 7.98. The quantitative estimate of drug-likeness (QED) is 0.656. The minimum absolute atomic E-state index is 0.0896. The molecule has 1 atom stereocenters. The second kappa shape index (κ2) is 2.50. The standard InChI is InChI=1S/C11H11NO2/c13-10-5-11(6-12-10)7-14-9-4-2-1-3-8(9)11/h1-4H,5-7H2,(H,12,13). The molecule has 1 spiro atoms. The first-order valence-corrected chi connectivity index (χ1v) is 4.79. The van der Waals surface area contributed by atoms with Gasteiger partial charge in [-0.1, -0.05) is 18.2 Å². The zero-order chi connectivity index (χ0) is 9.60. The number of carbonyl (C=O) groups excluding carboxylic acids is 1. The van der Waals surface area contributed by atoms with Crippen molar-refractivity contribution in [3.05, 3.63) is 29.8 Å². The van der Waals surface area contributed by atoms with Crippen LogP contribution in [0.2, 0.25) is 0 Å². The Balaban J connectivity index is 2.09. The molecule has 1 aromatic rings. The molecule has 0 radical (unpaired) electrons. The third-order valence-electron chi connectivity index (χ3n) is 3.09. The van der Waals surface area contributed by atoms with Gasteiger partial charge in [-0.25, -0.2) is 0 Å². The van der Waals surface area contributed by atoms with Gasteiger partial charge in [0.15, 0.2) is 0 Å². The Kier molecular flexibility index (Phi) is 1.40. The minimum atomic E-state index is -0.0896. The fourth-order valence-corrected chi connectivity index (χ4v) is 2.32. The lowest BCUT2D eigenvalue weighted by Gasteiger charge is -2.18. The summed E-state index contributed by atoms with van der Waals surface area (Å²) in [5, 5.41) is 2.87. The molecule has 72 valence electrons. The molecule has 14 heavy (non-hydrogen) atoms. The molecule has 0 saturated carbocycles. The van der Waals surface area contributed by atoms with Crippen LogP contribution in [0.3, 0.4) is 0 Å². The lowest BCUT2D eigenvalue weighted by Crippen LogP contribution is -2.30. The fourth-order valence-electron chi connectivity index (χ4n) is 2.32. The van der Waals surface area contributed by atoms with Crippen LogP contribution in [0.4, 0.5) is 0 Å². The number of rotatable bonds is 0. The summed E-state index contributed by atoms with van der Waals surface area (Å²) in [4.78, 5) is 11.2. The van der Waals surface area contributed by atoms with E-state index in [2.05, 4.69) is 11.4 Å². The van der Waals surface area contributed by atoms with Gasteiger partial charge in [0, 0.05) is 18.5 Å². The molecule has 2 aliphatic rings. The van der Waals surface area contributed by atoms with Crippen molar-refractivity contribution < 1.29 is 9.53 Å². The van der Waals surface area contributed by atoms with Gasteiger partial charge in [-0.15, -0.1) is 0 Å². The van der Waals surface area contributed by atoms with E-state index in [1.807, 2.05) is 18.2 Å². The highest BCUT2D eigenvalue weighted by Gasteiger charge is 2.46. The number of fused-ring (bicyclic) bond motifs is 2. The molecule has 0 aliphatic carbocycles. The third kappa shape index (κ3) is 0.895. The van der Waals surface area contributed by atoms with E-state index in [1.165, 1.54) is 5.56 Å². The molecule has 1 saturated heterocycles. The molecule has 1 unspecified atom stereocenters. The van der Waals surface area contributed by atoms with Crippen LogP contribution in [-0.2, 0) is 10.2 Å². The Hall–Kier alpha value is -1.51. The van der Waals surface area contributed by atoms with Gasteiger partial charge < -0.3 is 10.1 Å². The SMILES string of the molecule is O=C1CC2(CN1)COc1ccccc12. The van der Waals surface area contributed by atoms with Crippen LogP contribution >= 0.6 is 0 Å². The number of para-hydroxylation sites is 1. The average molecular weight is 189 g/mol. The van der Waals surface area contributed by atoms with Crippen molar-refractivity contribution in [2.45, 2.75) is 11.8 Å². The van der Waals surface area contributed by atoms with Crippen LogP contribution in [0.1, 0.15) is 12.0 Å². The van der Waals surface area contributed by atoms with Gasteiger partial charge in [-0.05, 0) is 6.07 Å². The van der Waals surface area contributed by atoms with Gasteiger partial charge in [0.05, 0.1) is 5.41 Å². The maximum absolute atomic E-state index is 11.2. The molecular weight excluding hydrogens is 178 g/mol. The smallest absolute Gasteiger partial charge is 0.221 e. The molecule has 3 nitrogen and oxygen atoms in total. The monoisotopic (exact) mass is 189 g/mol. The highest BCUT2D eigenvalue weighted by atomic mass is 16.5. The number of hydrogen-bond donors (Lipinski definition) is 1. The lowest BCUT2D eigenvalue weighted by atomic mass is 9.82. The summed E-state index contributed by atoms with van der Waals surface area (Å²) < 4.78 is 5.59. The Morgan fingerprint density at radius 1 is 1.36 bits per heavy atom. The van der Waals surface area contributed by atoms with E-state index >= 15 is 0 Å². The van der Waals surface area contributed by atoms with Crippen molar-refractivity contribution in [2.75, 3.05) is 13.2 Å². The van der Waals surface area contributed by atoms with E-state index in [0.717, 1.165) is 5.75 Å². The number of amides is 1. The van der Waals surface area contributed by atoms with E-state index in [0.29, 0.717) is 19.6 Å². The molecule has 1 fully saturated rings. The molecule has 1 N–H and O–H groups in total. The summed E-state index contributed by atoms with van der Waals surface area (Å²) in [7, 11) is 0. The largest absolute Gasteiger partial charge is 0.492 e. The highest BCUT2D eigenvalue weighted by molar-refractivity contribution is 5.81. The summed E-state index contributed by atoms with van der Waals surface area (Å²) in [6.45, 7) is 1.34. The van der Waals surface area contributed by atoms with Gasteiger partial charge in [-0.2, -0.15) is 0 Å². The molecule has 2 heterocycles. The number of carbonyl (C=O) groups is 1. The van der Waals surface area contributed by atoms with Crippen molar-refractivity contribution in [2.24, 2.45) is 0 Å². The van der Waals surface area contributed by atoms with Gasteiger partial charge >= 0.3 is 0 Å². The predicted molar refractivity (Wildman–Crippen MR) is 51.2 cm³/mol. The van der Waals surface area contributed by atoms with Crippen LogP contribution in [0.15, 0.2) is 24.3 Å². The summed E-state index contributed by atoms with van der Waals surface area (Å²) in [6.07, 6.45) is 0.560. The van der Waals surface area contributed by atoms with Crippen LogP contribution in [0.5, 0.6) is 5.75 Å². The predicted octanol–water partition coefficient (Wildman–Crippen LogP) is 0.837. The average Bonchev–Trinajstić information content (AvgIpc) is 2.75. The highest BCUT2D eigenvalue weighted by Crippen LogP contribution is 2.42. The Labute approximate surface area is 82.1 Å². The maximum Gasteiger partial charge on any atom is 0.221 e. The molecule has 3 rings (SSSR count). The summed E-state index contributed by atoms with van der Waals surface area (Å²) >= 11 is 0. The molecule has 0 bridgehead atoms. The number of ether oxygens (including phenoxy) is 1. The number of nitrogens with one attached hydrogen (secondary N) is 1. The molecule has 1 amide bonds. The van der Waals surface area contributed by atoms with E-state index in [-0.39, 0.29) is 11.3 Å². The van der Waals surface area contributed by atoms with Crippen molar-refractivity contribution in [1.29, 1.82) is 0 Å². The van der Waals surface area contributed by atoms with E-state index < -0.39 is 0 Å². The van der Waals surface area contributed by atoms with Gasteiger partial charge in [0.2, 0.25) is 5.91 Å². The van der Waals surface area contributed by atoms with E-state index in [4.69, 9.17) is 4.74 Å². The maximum atomic E-state index is 11.2. The van der Waals surface area contributed by atoms with Gasteiger partial charge in [-0.3, -0.25) is 4.79 Å². The van der Waals surface area contributed by atoms with Crippen LogP contribution in [0.25, 0.3) is 0 Å². The minimum Gasteiger partial charge on any atom is -0.492 e. The Morgan fingerprint density at radius 3 is 3.00 bits per heavy atom. The molecule has 0 aromatic heterocycles. The first-order valence-electron chi connectivity index (χ1n) is 4.79. The lowest BCUT2D eigenvalue weighted by molar-refractivity contribution is -0.119. The second-order valence-electron chi connectivity index (χ2n) is 4.02. The topological polar surface area (TPSA) is 38.3 Å². The van der Waals surface area contributed by atoms with Gasteiger partial charge in [0.25, 0.3) is 0 Å². The van der Waals surface area contributed by atoms with Gasteiger partial charge in [0.1, 0.15) is 12.4 Å². The van der Waals surface area contributed by atoms with E-state index in [9.17, 15) is 4.79 Å². The first-order chi connectivity index (χ1) is 6.80. The molecular formula is C11H11NO2. The zero-order valence-electron chi connectivity index (χ0n) is 7.75.